The van der Waals surface area contributed by atoms with Crippen molar-refractivity contribution in [2.45, 2.75) is 46.7 Å². The van der Waals surface area contributed by atoms with Gasteiger partial charge in [0.05, 0.1) is 19.8 Å². The number of aryl methyl sites for hydroxylation is 1. The second-order valence-corrected chi connectivity index (χ2v) is 7.44. The number of benzene rings is 1. The number of rotatable bonds is 8. The number of H-pyrrole nitrogens is 1. The fourth-order valence-corrected chi connectivity index (χ4v) is 3.44. The molecule has 0 atom stereocenters. The third kappa shape index (κ3) is 4.38. The van der Waals surface area contributed by atoms with Crippen LogP contribution in [0.4, 0.5) is 0 Å². The molecule has 1 aromatic carbocycles. The van der Waals surface area contributed by atoms with Crippen LogP contribution in [0.3, 0.4) is 0 Å². The smallest absolute Gasteiger partial charge is 0.330 e. The van der Waals surface area contributed by atoms with Gasteiger partial charge in [-0.25, -0.2) is 9.78 Å². The van der Waals surface area contributed by atoms with Crippen molar-refractivity contribution in [2.75, 3.05) is 14.2 Å². The van der Waals surface area contributed by atoms with Crippen LogP contribution >= 0.6 is 12.4 Å². The Hall–Kier alpha value is -2.74. The number of nitrogens with one attached hydrogen (secondary N) is 1. The monoisotopic (exact) mass is 436 g/mol. The van der Waals surface area contributed by atoms with Gasteiger partial charge in [-0.2, -0.15) is 0 Å². The highest BCUT2D eigenvalue weighted by molar-refractivity contribution is 5.85. The van der Waals surface area contributed by atoms with Crippen LogP contribution in [0.25, 0.3) is 22.6 Å². The zero-order valence-corrected chi connectivity index (χ0v) is 18.8. The van der Waals surface area contributed by atoms with Crippen LogP contribution in [0, 0.1) is 5.92 Å². The third-order valence-electron chi connectivity index (χ3n) is 4.82. The van der Waals surface area contributed by atoms with E-state index in [1.165, 1.54) is 0 Å². The molecule has 3 rings (SSSR count). The molecular weight excluding hydrogens is 408 g/mol. The average molecular weight is 437 g/mol. The molecule has 0 spiro atoms. The fourth-order valence-electron chi connectivity index (χ4n) is 3.44. The molecule has 30 heavy (non-hydrogen) atoms. The van der Waals surface area contributed by atoms with E-state index >= 15 is 0 Å². The van der Waals surface area contributed by atoms with Gasteiger partial charge < -0.3 is 14.0 Å². The number of hydrogen-bond acceptors (Lipinski definition) is 5. The summed E-state index contributed by atoms with van der Waals surface area (Å²) >= 11 is 0. The summed E-state index contributed by atoms with van der Waals surface area (Å²) in [5.74, 6) is 2.08. The highest BCUT2D eigenvalue weighted by Gasteiger charge is 2.22. The molecule has 0 aliphatic heterocycles. The van der Waals surface area contributed by atoms with Crippen molar-refractivity contribution in [1.29, 1.82) is 0 Å². The van der Waals surface area contributed by atoms with Crippen molar-refractivity contribution >= 4 is 23.6 Å². The third-order valence-corrected chi connectivity index (χ3v) is 4.82. The molecule has 0 amide bonds. The molecule has 3 aromatic rings. The van der Waals surface area contributed by atoms with Crippen molar-refractivity contribution in [3.63, 3.8) is 0 Å². The molecule has 9 heteroatoms. The Kier molecular flexibility index (Phi) is 7.72. The summed E-state index contributed by atoms with van der Waals surface area (Å²) in [7, 11) is 3.18. The first-order chi connectivity index (χ1) is 13.9. The molecule has 2 heterocycles. The lowest BCUT2D eigenvalue weighted by Gasteiger charge is -2.12. The van der Waals surface area contributed by atoms with Crippen LogP contribution in [0.15, 0.2) is 27.8 Å². The quantitative estimate of drug-likeness (QED) is 0.584. The van der Waals surface area contributed by atoms with E-state index in [2.05, 4.69) is 11.9 Å². The molecule has 0 aliphatic rings. The standard InChI is InChI=1S/C21H28N4O4.ClH/c1-6-7-10-24-17-19(25(12-13(2)3)21(27)23-20(17)26)22-18(24)15-11-14(28-4)8-9-16(15)29-5;/h8-9,11,13H,6-7,10,12H2,1-5H3,(H,23,26,27);1H. The van der Waals surface area contributed by atoms with E-state index in [9.17, 15) is 9.59 Å². The van der Waals surface area contributed by atoms with E-state index in [1.54, 1.807) is 18.8 Å². The minimum absolute atomic E-state index is 0. The molecule has 0 saturated heterocycles. The van der Waals surface area contributed by atoms with Gasteiger partial charge >= 0.3 is 5.69 Å². The molecule has 0 unspecified atom stereocenters. The minimum atomic E-state index is -0.444. The van der Waals surface area contributed by atoms with E-state index in [-0.39, 0.29) is 18.3 Å². The molecule has 0 radical (unpaired) electrons. The largest absolute Gasteiger partial charge is 0.497 e. The van der Waals surface area contributed by atoms with Crippen LogP contribution < -0.4 is 20.7 Å². The maximum absolute atomic E-state index is 12.8. The van der Waals surface area contributed by atoms with Crippen LogP contribution in [-0.4, -0.2) is 33.3 Å². The first kappa shape index (κ1) is 23.5. The summed E-state index contributed by atoms with van der Waals surface area (Å²) in [6.45, 7) is 7.19. The van der Waals surface area contributed by atoms with Gasteiger partial charge in [-0.3, -0.25) is 14.3 Å². The molecular formula is C21H29ClN4O4. The van der Waals surface area contributed by atoms with Gasteiger partial charge in [0, 0.05) is 13.1 Å². The number of aromatic amines is 1. The number of hydrogen-bond donors (Lipinski definition) is 1. The second-order valence-electron chi connectivity index (χ2n) is 7.44. The van der Waals surface area contributed by atoms with Crippen molar-refractivity contribution in [2.24, 2.45) is 5.92 Å². The number of halogens is 1. The number of fused-ring (bicyclic) bond motifs is 1. The molecule has 1 N–H and O–H groups in total. The van der Waals surface area contributed by atoms with Gasteiger partial charge in [-0.15, -0.1) is 12.4 Å². The number of methoxy groups -OCH3 is 2. The maximum Gasteiger partial charge on any atom is 0.330 e. The summed E-state index contributed by atoms with van der Waals surface area (Å²) in [4.78, 5) is 32.5. The summed E-state index contributed by atoms with van der Waals surface area (Å²) in [6, 6.07) is 5.45. The van der Waals surface area contributed by atoms with E-state index in [4.69, 9.17) is 14.5 Å². The van der Waals surface area contributed by atoms with Crippen LogP contribution in [0.5, 0.6) is 11.5 Å². The van der Waals surface area contributed by atoms with E-state index in [1.807, 2.05) is 36.6 Å². The van der Waals surface area contributed by atoms with E-state index in [0.29, 0.717) is 47.1 Å². The number of imidazole rings is 1. The van der Waals surface area contributed by atoms with Crippen molar-refractivity contribution in [1.82, 2.24) is 19.1 Å². The first-order valence-electron chi connectivity index (χ1n) is 9.87. The minimum Gasteiger partial charge on any atom is -0.497 e. The summed E-state index contributed by atoms with van der Waals surface area (Å²) in [5, 5.41) is 0. The molecule has 0 aliphatic carbocycles. The van der Waals surface area contributed by atoms with Crippen LogP contribution in [-0.2, 0) is 13.1 Å². The van der Waals surface area contributed by atoms with Gasteiger partial charge in [0.1, 0.15) is 17.3 Å². The average Bonchev–Trinajstić information content (AvgIpc) is 3.08. The SMILES string of the molecule is CCCCn1c(-c2cc(OC)ccc2OC)nc2c1c(=O)[nH]c(=O)n2CC(C)C.Cl. The number of unbranched alkanes of at least 4 members (excludes halogenated alkanes) is 1. The van der Waals surface area contributed by atoms with E-state index < -0.39 is 11.2 Å². The number of ether oxygens (including phenoxy) is 2. The van der Waals surface area contributed by atoms with Gasteiger partial charge in [0.2, 0.25) is 0 Å². The first-order valence-corrected chi connectivity index (χ1v) is 9.87. The highest BCUT2D eigenvalue weighted by Crippen LogP contribution is 2.34. The van der Waals surface area contributed by atoms with Gasteiger partial charge in [0.25, 0.3) is 5.56 Å². The topological polar surface area (TPSA) is 91.1 Å². The molecule has 2 aromatic heterocycles. The summed E-state index contributed by atoms with van der Waals surface area (Å²) < 4.78 is 14.3. The van der Waals surface area contributed by atoms with Gasteiger partial charge in [-0.05, 0) is 30.5 Å². The van der Waals surface area contributed by atoms with Gasteiger partial charge in [-0.1, -0.05) is 27.2 Å². The Morgan fingerprint density at radius 3 is 2.47 bits per heavy atom. The highest BCUT2D eigenvalue weighted by atomic mass is 35.5. The Labute approximate surface area is 181 Å². The zero-order valence-electron chi connectivity index (χ0n) is 18.0. The lowest BCUT2D eigenvalue weighted by Crippen LogP contribution is -2.32. The molecule has 8 nitrogen and oxygen atoms in total. The van der Waals surface area contributed by atoms with E-state index in [0.717, 1.165) is 12.8 Å². The Morgan fingerprint density at radius 2 is 1.87 bits per heavy atom. The van der Waals surface area contributed by atoms with Crippen molar-refractivity contribution in [3.05, 3.63) is 39.0 Å². The molecule has 0 saturated carbocycles. The molecule has 0 bridgehead atoms. The Bertz CT molecular complexity index is 1130. The van der Waals surface area contributed by atoms with Crippen molar-refractivity contribution < 1.29 is 9.47 Å². The maximum atomic E-state index is 12.8. The number of aromatic nitrogens is 4. The molecule has 164 valence electrons. The lowest BCUT2D eigenvalue weighted by atomic mass is 10.1. The predicted molar refractivity (Wildman–Crippen MR) is 120 cm³/mol. The van der Waals surface area contributed by atoms with Crippen molar-refractivity contribution in [3.8, 4) is 22.9 Å². The Morgan fingerprint density at radius 1 is 1.13 bits per heavy atom. The second kappa shape index (κ2) is 9.84. The number of nitrogens with zero attached hydrogens (tertiary/aromatic N) is 3. The predicted octanol–water partition coefficient (Wildman–Crippen LogP) is 3.45. The Balaban J connectivity index is 0.00000320. The fraction of sp³-hybridized carbons (Fsp3) is 0.476. The summed E-state index contributed by atoms with van der Waals surface area (Å²) in [5.41, 5.74) is 0.631. The normalized spacial score (nSPS) is 11.0. The van der Waals surface area contributed by atoms with Crippen LogP contribution in [0.2, 0.25) is 0 Å². The van der Waals surface area contributed by atoms with Crippen LogP contribution in [0.1, 0.15) is 33.6 Å². The van der Waals surface area contributed by atoms with Gasteiger partial charge in [0.15, 0.2) is 11.2 Å². The molecule has 0 fully saturated rings. The zero-order chi connectivity index (χ0) is 21.1. The summed E-state index contributed by atoms with van der Waals surface area (Å²) in [6.07, 6.45) is 1.82. The lowest BCUT2D eigenvalue weighted by molar-refractivity contribution is 0.404.